The number of likely N-dealkylation sites (tertiary alicyclic amines) is 1. The number of phenols is 1. The normalized spacial score (nSPS) is 16.3. The Morgan fingerprint density at radius 3 is 1.69 bits per heavy atom. The monoisotopic (exact) mass is 1510 g/mol. The molecule has 37 heteroatoms. The molecule has 0 unspecified atom stereocenters. The van der Waals surface area contributed by atoms with Gasteiger partial charge in [-0.1, -0.05) is 84.7 Å². The Hall–Kier alpha value is -11.1. The van der Waals surface area contributed by atoms with Crippen LogP contribution in [0.2, 0.25) is 0 Å². The SMILES string of the molecule is CC[C@H](C)[C@H](NC(=O)[C@H](C)N)C(=O)N[C@@H](Cc1cnc[nH]1)C(=O)N[C@H](C(=O)NCC(=O)NCC(=O)NCC(=O)N[C@H](C(=O)N[C@@H](Cc1c[nH]c2ccccc12)C(=O)N[C@@H](CC(=O)O)C(=O)N1CCC[C@H]1C(=O)N[C@H](C(=O)N[C@@H](CCCCN)C(=O)N[C@@H](Cc1ccc(O)cc1)C(=O)O)[C@@H](C)CC)C(C)C)[C@@H](C)O. The first-order valence-electron chi connectivity index (χ1n) is 35.9. The van der Waals surface area contributed by atoms with Crippen molar-refractivity contribution in [1.82, 2.24) is 83.7 Å². The van der Waals surface area contributed by atoms with Crippen molar-refractivity contribution in [2.45, 2.75) is 199 Å². The van der Waals surface area contributed by atoms with Crippen LogP contribution in [0.1, 0.15) is 124 Å². The van der Waals surface area contributed by atoms with Crippen LogP contribution in [0.4, 0.5) is 0 Å². The number of nitrogens with one attached hydrogen (secondary N) is 14. The molecule has 3 heterocycles. The summed E-state index contributed by atoms with van der Waals surface area (Å²) in [5.74, 6) is -16.2. The van der Waals surface area contributed by atoms with Crippen LogP contribution in [-0.4, -0.2) is 234 Å². The lowest BCUT2D eigenvalue weighted by Crippen LogP contribution is -2.61. The summed E-state index contributed by atoms with van der Waals surface area (Å²) in [6.45, 7) is 10.5. The number of carbonyl (C=O) groups is 15. The van der Waals surface area contributed by atoms with Crippen molar-refractivity contribution >= 4 is 99.6 Å². The molecule has 1 saturated heterocycles. The molecule has 14 atom stereocenters. The first-order valence-corrected chi connectivity index (χ1v) is 35.9. The van der Waals surface area contributed by atoms with Crippen LogP contribution in [-0.2, 0) is 91.2 Å². The second kappa shape index (κ2) is 42.9. The van der Waals surface area contributed by atoms with Gasteiger partial charge in [0.2, 0.25) is 76.8 Å². The predicted molar refractivity (Wildman–Crippen MR) is 389 cm³/mol. The lowest BCUT2D eigenvalue weighted by Gasteiger charge is -2.32. The standard InChI is InChI=1S/C71H104N18O19/c1-9-37(5)58(86-61(97)39(7)73)69(105)82-49(28-43-31-74-35-79-43)64(100)88-60(40(8)90)66(102)78-33-54(93)76-32-53(92)77-34-55(94)85-57(36(3)4)67(103)81-48(27-42-30-75-46-17-12-11-16-45(42)46)63(99)83-50(29-56(95)96)70(106)89-25-15-19-52(89)65(101)87-59(38(6)10-2)68(104)80-47(18-13-14-24-72)62(98)84-51(71(107)108)26-41-20-22-44(91)23-21-41/h11-12,16-17,20-23,30-31,35-40,47-52,57-60,75,90-91H,9-10,13-15,18-19,24-29,32-34,72-73H2,1-8H3,(H,74,79)(H,76,93)(H,77,92)(H,78,102)(H,80,104)(H,81,103)(H,82,105)(H,83,99)(H,84,98)(H,85,94)(H,86,97)(H,87,101)(H,88,100)(H,95,96)(H,107,108)/t37-,38-,39-,40+,47-,48-,49-,50-,51-,52-,57-,58-,59-,60-/m0/s1. The lowest BCUT2D eigenvalue weighted by molar-refractivity contribution is -0.146. The van der Waals surface area contributed by atoms with E-state index in [4.69, 9.17) is 11.5 Å². The van der Waals surface area contributed by atoms with Crippen LogP contribution < -0.4 is 75.3 Å². The number of benzene rings is 2. The Bertz CT molecular complexity index is 3770. The van der Waals surface area contributed by atoms with Gasteiger partial charge in [0.25, 0.3) is 0 Å². The van der Waals surface area contributed by atoms with E-state index in [1.165, 1.54) is 50.6 Å². The number of aliphatic hydroxyl groups is 1. The second-order valence-electron chi connectivity index (χ2n) is 27.3. The van der Waals surface area contributed by atoms with E-state index in [0.29, 0.717) is 53.4 Å². The molecule has 13 amide bonds. The molecule has 5 rings (SSSR count). The number of hydrogen-bond donors (Lipinski definition) is 20. The number of aromatic amines is 2. The average molecular weight is 1510 g/mol. The molecule has 108 heavy (non-hydrogen) atoms. The maximum atomic E-state index is 14.7. The third-order valence-corrected chi connectivity index (χ3v) is 18.4. The van der Waals surface area contributed by atoms with E-state index in [2.05, 4.69) is 78.8 Å². The van der Waals surface area contributed by atoms with Gasteiger partial charge in [-0.05, 0) is 99.6 Å². The van der Waals surface area contributed by atoms with Crippen molar-refractivity contribution < 1.29 is 92.3 Å². The number of carbonyl (C=O) groups excluding carboxylic acids is 13. The Morgan fingerprint density at radius 2 is 1.12 bits per heavy atom. The Morgan fingerprint density at radius 1 is 0.574 bits per heavy atom. The number of aliphatic carboxylic acids is 2. The number of phenolic OH excluding ortho intramolecular Hbond substituents is 1. The minimum absolute atomic E-state index is 0.0295. The van der Waals surface area contributed by atoms with E-state index in [0.717, 1.165) is 4.90 Å². The van der Waals surface area contributed by atoms with E-state index in [9.17, 15) is 92.3 Å². The molecule has 0 radical (unpaired) electrons. The highest BCUT2D eigenvalue weighted by molar-refractivity contribution is 6.00. The van der Waals surface area contributed by atoms with Crippen molar-refractivity contribution in [2.75, 3.05) is 32.7 Å². The molecule has 4 aromatic rings. The van der Waals surface area contributed by atoms with Gasteiger partial charge >= 0.3 is 11.9 Å². The average Bonchev–Trinajstić information content (AvgIpc) is 1.61. The van der Waals surface area contributed by atoms with Gasteiger partial charge < -0.3 is 111 Å². The first kappa shape index (κ1) is 87.6. The number of amides is 13. The summed E-state index contributed by atoms with van der Waals surface area (Å²) in [5.41, 5.74) is 13.5. The molecule has 0 spiro atoms. The summed E-state index contributed by atoms with van der Waals surface area (Å²) in [5, 5.41) is 71.1. The molecule has 1 aliphatic heterocycles. The van der Waals surface area contributed by atoms with E-state index < -0.39 is 205 Å². The predicted octanol–water partition coefficient (Wildman–Crippen LogP) is -3.51. The molecule has 2 aromatic heterocycles. The van der Waals surface area contributed by atoms with E-state index in [1.54, 1.807) is 72.0 Å². The molecular formula is C71H104N18O19. The quantitative estimate of drug-likeness (QED) is 0.0191. The number of imidazole rings is 1. The number of carboxylic acid groups (broad SMARTS) is 2. The lowest BCUT2D eigenvalue weighted by atomic mass is 9.96. The molecule has 0 saturated carbocycles. The van der Waals surface area contributed by atoms with E-state index >= 15 is 0 Å². The van der Waals surface area contributed by atoms with Crippen LogP contribution >= 0.6 is 0 Å². The smallest absolute Gasteiger partial charge is 0.326 e. The zero-order valence-electron chi connectivity index (χ0n) is 61.8. The number of nitrogens with zero attached hydrogens (tertiary/aromatic N) is 2. The summed E-state index contributed by atoms with van der Waals surface area (Å²) in [6, 6.07) is -2.74. The molecule has 0 bridgehead atoms. The number of para-hydroxylation sites is 1. The molecular weight excluding hydrogens is 1410 g/mol. The Labute approximate surface area is 623 Å². The fraction of sp³-hybridized carbons (Fsp3) is 0.549. The van der Waals surface area contributed by atoms with Gasteiger partial charge in [-0.15, -0.1) is 0 Å². The van der Waals surface area contributed by atoms with Gasteiger partial charge in [0.1, 0.15) is 66.2 Å². The van der Waals surface area contributed by atoms with Crippen LogP contribution in [0, 0.1) is 17.8 Å². The van der Waals surface area contributed by atoms with Gasteiger partial charge in [0, 0.05) is 54.8 Å². The summed E-state index contributed by atoms with van der Waals surface area (Å²) in [6.07, 6.45) is 2.96. The zero-order valence-corrected chi connectivity index (χ0v) is 61.8. The molecule has 2 aromatic carbocycles. The fourth-order valence-corrected chi connectivity index (χ4v) is 11.7. The van der Waals surface area contributed by atoms with E-state index in [-0.39, 0.29) is 57.4 Å². The van der Waals surface area contributed by atoms with Gasteiger partial charge in [-0.2, -0.15) is 0 Å². The van der Waals surface area contributed by atoms with Crippen molar-refractivity contribution in [2.24, 2.45) is 29.2 Å². The highest BCUT2D eigenvalue weighted by Gasteiger charge is 2.43. The topological polar surface area (TPSA) is 581 Å². The van der Waals surface area contributed by atoms with Gasteiger partial charge in [-0.3, -0.25) is 67.1 Å². The molecule has 22 N–H and O–H groups in total. The number of fused-ring (bicyclic) bond motifs is 1. The number of H-pyrrole nitrogens is 2. The summed E-state index contributed by atoms with van der Waals surface area (Å²) < 4.78 is 0. The number of nitrogens with two attached hydrogens (primary N) is 2. The summed E-state index contributed by atoms with van der Waals surface area (Å²) in [4.78, 5) is 215. The van der Waals surface area contributed by atoms with Crippen LogP contribution in [0.25, 0.3) is 10.9 Å². The largest absolute Gasteiger partial charge is 0.508 e. The Kier molecular flexibility index (Phi) is 34.8. The highest BCUT2D eigenvalue weighted by atomic mass is 16.4. The number of rotatable bonds is 44. The first-order chi connectivity index (χ1) is 51.2. The number of aromatic hydroxyl groups is 1. The number of hydrogen-bond acceptors (Lipinski definition) is 20. The molecule has 0 aliphatic carbocycles. The number of aromatic nitrogens is 3. The maximum absolute atomic E-state index is 14.7. The highest BCUT2D eigenvalue weighted by Crippen LogP contribution is 2.24. The van der Waals surface area contributed by atoms with E-state index in [1.807, 2.05) is 0 Å². The number of aliphatic hydroxyl groups excluding tert-OH is 1. The van der Waals surface area contributed by atoms with Crippen molar-refractivity contribution in [3.63, 3.8) is 0 Å². The third-order valence-electron chi connectivity index (χ3n) is 18.4. The van der Waals surface area contributed by atoms with Crippen molar-refractivity contribution in [3.8, 4) is 5.75 Å². The second-order valence-corrected chi connectivity index (χ2v) is 27.3. The summed E-state index contributed by atoms with van der Waals surface area (Å²) >= 11 is 0. The zero-order chi connectivity index (χ0) is 80.1. The van der Waals surface area contributed by atoms with Crippen LogP contribution in [0.15, 0.2) is 67.3 Å². The molecule has 37 nitrogen and oxygen atoms in total. The minimum Gasteiger partial charge on any atom is -0.508 e. The van der Waals surface area contributed by atoms with Gasteiger partial charge in [0.05, 0.1) is 44.5 Å². The summed E-state index contributed by atoms with van der Waals surface area (Å²) in [7, 11) is 0. The van der Waals surface area contributed by atoms with Crippen LogP contribution in [0.3, 0.4) is 0 Å². The Balaban J connectivity index is 1.23. The number of carboxylic acids is 2. The van der Waals surface area contributed by atoms with Crippen molar-refractivity contribution in [3.05, 3.63) is 84.1 Å². The third kappa shape index (κ3) is 27.1. The minimum atomic E-state index is -1.86. The van der Waals surface area contributed by atoms with Crippen molar-refractivity contribution in [1.29, 1.82) is 0 Å². The number of unbranched alkanes of at least 4 members (excludes halogenated alkanes) is 1. The van der Waals surface area contributed by atoms with Crippen LogP contribution in [0.5, 0.6) is 5.75 Å². The van der Waals surface area contributed by atoms with Gasteiger partial charge in [-0.25, -0.2) is 9.78 Å². The maximum Gasteiger partial charge on any atom is 0.326 e. The fourth-order valence-electron chi connectivity index (χ4n) is 11.7. The molecule has 592 valence electrons. The van der Waals surface area contributed by atoms with Gasteiger partial charge in [0.15, 0.2) is 0 Å². The molecule has 1 fully saturated rings. The molecule has 1 aliphatic rings.